The lowest BCUT2D eigenvalue weighted by atomic mass is 10.1. The van der Waals surface area contributed by atoms with Gasteiger partial charge in [0.2, 0.25) is 5.95 Å². The molecule has 0 unspecified atom stereocenters. The number of nitrogen functional groups attached to an aromatic ring is 1. The van der Waals surface area contributed by atoms with E-state index in [0.717, 1.165) is 17.8 Å². The minimum Gasteiger partial charge on any atom is -0.369 e. The van der Waals surface area contributed by atoms with E-state index in [1.165, 1.54) is 5.56 Å². The smallest absolute Gasteiger partial charge is 0.205 e. The highest BCUT2D eigenvalue weighted by Crippen LogP contribution is 2.15. The van der Waals surface area contributed by atoms with Gasteiger partial charge < -0.3 is 5.73 Å². The molecule has 0 saturated carbocycles. The lowest BCUT2D eigenvalue weighted by molar-refractivity contribution is 1.06. The summed E-state index contributed by atoms with van der Waals surface area (Å²) in [4.78, 5) is 4.17. The number of aromatic nitrogens is 2. The summed E-state index contributed by atoms with van der Waals surface area (Å²) in [6.45, 7) is 4.08. The number of hydrogen-bond acceptors (Lipinski definition) is 2. The third kappa shape index (κ3) is 1.86. The van der Waals surface area contributed by atoms with Crippen LogP contribution in [-0.4, -0.2) is 9.55 Å². The van der Waals surface area contributed by atoms with E-state index >= 15 is 0 Å². The molecule has 0 aliphatic heterocycles. The predicted octanol–water partition coefficient (Wildman–Crippen LogP) is 2.33. The number of rotatable bonds is 2. The zero-order valence-electron chi connectivity index (χ0n) is 9.07. The van der Waals surface area contributed by atoms with Gasteiger partial charge in [-0.15, -0.1) is 0 Å². The molecule has 0 aliphatic carbocycles. The van der Waals surface area contributed by atoms with Crippen molar-refractivity contribution < 1.29 is 0 Å². The maximum absolute atomic E-state index is 5.80. The van der Waals surface area contributed by atoms with Crippen LogP contribution >= 0.6 is 0 Å². The Morgan fingerprint density at radius 3 is 2.40 bits per heavy atom. The fraction of sp³-hybridized carbons (Fsp3) is 0.250. The lowest BCUT2D eigenvalue weighted by Gasteiger charge is -2.04. The third-order valence-electron chi connectivity index (χ3n) is 2.48. The molecule has 3 nitrogen and oxygen atoms in total. The Labute approximate surface area is 89.6 Å². The molecule has 0 bridgehead atoms. The van der Waals surface area contributed by atoms with Gasteiger partial charge in [-0.1, -0.05) is 19.1 Å². The van der Waals surface area contributed by atoms with Crippen molar-refractivity contribution in [3.05, 3.63) is 41.7 Å². The van der Waals surface area contributed by atoms with Crippen molar-refractivity contribution >= 4 is 5.95 Å². The zero-order chi connectivity index (χ0) is 10.8. The average molecular weight is 201 g/mol. The van der Waals surface area contributed by atoms with Gasteiger partial charge in [-0.25, -0.2) is 4.98 Å². The molecule has 1 aromatic heterocycles. The molecule has 0 saturated heterocycles. The molecule has 0 aliphatic rings. The van der Waals surface area contributed by atoms with Crippen molar-refractivity contribution in [2.75, 3.05) is 5.73 Å². The van der Waals surface area contributed by atoms with Gasteiger partial charge in [0.25, 0.3) is 0 Å². The topological polar surface area (TPSA) is 43.8 Å². The van der Waals surface area contributed by atoms with Gasteiger partial charge in [-0.3, -0.25) is 4.57 Å². The Kier molecular flexibility index (Phi) is 2.46. The van der Waals surface area contributed by atoms with Crippen LogP contribution in [0.5, 0.6) is 0 Å². The normalized spacial score (nSPS) is 10.5. The molecule has 0 spiro atoms. The van der Waals surface area contributed by atoms with Crippen molar-refractivity contribution in [2.24, 2.45) is 0 Å². The summed E-state index contributed by atoms with van der Waals surface area (Å²) in [5, 5.41) is 0. The van der Waals surface area contributed by atoms with E-state index in [-0.39, 0.29) is 0 Å². The Morgan fingerprint density at radius 1 is 1.27 bits per heavy atom. The van der Waals surface area contributed by atoms with Crippen molar-refractivity contribution in [1.82, 2.24) is 9.55 Å². The summed E-state index contributed by atoms with van der Waals surface area (Å²) in [6, 6.07) is 8.36. The molecule has 0 atom stereocenters. The Bertz CT molecular complexity index is 454. The Morgan fingerprint density at radius 2 is 1.93 bits per heavy atom. The molecule has 0 radical (unpaired) electrons. The van der Waals surface area contributed by atoms with Crippen LogP contribution in [0.3, 0.4) is 0 Å². The molecule has 1 aromatic carbocycles. The second-order valence-electron chi connectivity index (χ2n) is 3.63. The first kappa shape index (κ1) is 9.77. The number of nitrogens with two attached hydrogens (primary N) is 1. The van der Waals surface area contributed by atoms with E-state index < -0.39 is 0 Å². The minimum absolute atomic E-state index is 0.539. The average Bonchev–Trinajstić information content (AvgIpc) is 2.58. The molecular formula is C12H15N3. The van der Waals surface area contributed by atoms with E-state index in [0.29, 0.717) is 5.95 Å². The van der Waals surface area contributed by atoms with E-state index in [1.54, 1.807) is 0 Å². The highest BCUT2D eigenvalue weighted by molar-refractivity contribution is 5.41. The molecule has 15 heavy (non-hydrogen) atoms. The third-order valence-corrected chi connectivity index (χ3v) is 2.48. The largest absolute Gasteiger partial charge is 0.369 e. The van der Waals surface area contributed by atoms with Crippen LogP contribution in [0.15, 0.2) is 30.5 Å². The first-order valence-electron chi connectivity index (χ1n) is 5.11. The highest BCUT2D eigenvalue weighted by Gasteiger charge is 2.03. The summed E-state index contributed by atoms with van der Waals surface area (Å²) in [7, 11) is 0. The standard InChI is InChI=1S/C12H15N3/c1-3-10-4-6-11(7-5-10)15-8-9(2)14-12(15)13/h4-8H,3H2,1-2H3,(H2,13,14). The van der Waals surface area contributed by atoms with Crippen molar-refractivity contribution in [1.29, 1.82) is 0 Å². The van der Waals surface area contributed by atoms with Crippen LogP contribution < -0.4 is 5.73 Å². The molecule has 78 valence electrons. The monoisotopic (exact) mass is 201 g/mol. The number of imidazole rings is 1. The number of benzene rings is 1. The van der Waals surface area contributed by atoms with Crippen LogP contribution in [0.4, 0.5) is 5.95 Å². The molecule has 2 aromatic rings. The van der Waals surface area contributed by atoms with Gasteiger partial charge in [0.1, 0.15) is 0 Å². The van der Waals surface area contributed by atoms with Crippen LogP contribution in [0.25, 0.3) is 5.69 Å². The summed E-state index contributed by atoms with van der Waals surface area (Å²) >= 11 is 0. The summed E-state index contributed by atoms with van der Waals surface area (Å²) < 4.78 is 1.90. The maximum Gasteiger partial charge on any atom is 0.205 e. The van der Waals surface area contributed by atoms with Crippen LogP contribution in [-0.2, 0) is 6.42 Å². The van der Waals surface area contributed by atoms with E-state index in [4.69, 9.17) is 5.73 Å². The second kappa shape index (κ2) is 3.77. The van der Waals surface area contributed by atoms with Gasteiger partial charge in [0.05, 0.1) is 5.69 Å². The molecule has 2 N–H and O–H groups in total. The number of aryl methyl sites for hydroxylation is 2. The van der Waals surface area contributed by atoms with Gasteiger partial charge >= 0.3 is 0 Å². The van der Waals surface area contributed by atoms with Gasteiger partial charge in [0, 0.05) is 11.9 Å². The molecular weight excluding hydrogens is 186 g/mol. The first-order valence-corrected chi connectivity index (χ1v) is 5.11. The fourth-order valence-corrected chi connectivity index (χ4v) is 1.62. The van der Waals surface area contributed by atoms with Crippen molar-refractivity contribution in [3.63, 3.8) is 0 Å². The SMILES string of the molecule is CCc1ccc(-n2cc(C)nc2N)cc1. The second-order valence-corrected chi connectivity index (χ2v) is 3.63. The molecule has 1 heterocycles. The lowest BCUT2D eigenvalue weighted by Crippen LogP contribution is -1.99. The van der Waals surface area contributed by atoms with E-state index in [1.807, 2.05) is 17.7 Å². The maximum atomic E-state index is 5.80. The number of hydrogen-bond donors (Lipinski definition) is 1. The van der Waals surface area contributed by atoms with Crippen LogP contribution in [0.1, 0.15) is 18.2 Å². The zero-order valence-corrected chi connectivity index (χ0v) is 9.07. The van der Waals surface area contributed by atoms with Crippen LogP contribution in [0, 0.1) is 6.92 Å². The van der Waals surface area contributed by atoms with Gasteiger partial charge in [-0.2, -0.15) is 0 Å². The highest BCUT2D eigenvalue weighted by atomic mass is 15.1. The number of nitrogens with zero attached hydrogens (tertiary/aromatic N) is 2. The summed E-state index contributed by atoms with van der Waals surface area (Å²) in [6.07, 6.45) is 3.00. The fourth-order valence-electron chi connectivity index (χ4n) is 1.62. The summed E-state index contributed by atoms with van der Waals surface area (Å²) in [5.41, 5.74) is 9.12. The summed E-state index contributed by atoms with van der Waals surface area (Å²) in [5.74, 6) is 0.539. The minimum atomic E-state index is 0.539. The van der Waals surface area contributed by atoms with E-state index in [9.17, 15) is 0 Å². The Hall–Kier alpha value is -1.77. The quantitative estimate of drug-likeness (QED) is 0.810. The van der Waals surface area contributed by atoms with Crippen LogP contribution in [0.2, 0.25) is 0 Å². The van der Waals surface area contributed by atoms with Gasteiger partial charge in [0.15, 0.2) is 0 Å². The number of anilines is 1. The van der Waals surface area contributed by atoms with Gasteiger partial charge in [-0.05, 0) is 31.0 Å². The molecule has 0 fully saturated rings. The molecule has 3 heteroatoms. The molecule has 0 amide bonds. The van der Waals surface area contributed by atoms with E-state index in [2.05, 4.69) is 36.2 Å². The predicted molar refractivity (Wildman–Crippen MR) is 62.1 cm³/mol. The van der Waals surface area contributed by atoms with Crippen molar-refractivity contribution in [3.8, 4) is 5.69 Å². The van der Waals surface area contributed by atoms with Crippen molar-refractivity contribution in [2.45, 2.75) is 20.3 Å². The first-order chi connectivity index (χ1) is 7.20. The Balaban J connectivity index is 2.41. The molecule has 2 rings (SSSR count).